The van der Waals surface area contributed by atoms with Crippen LogP contribution in [0.25, 0.3) is 0 Å². The molecule has 0 atom stereocenters. The van der Waals surface area contributed by atoms with Gasteiger partial charge in [-0.2, -0.15) is 0 Å². The van der Waals surface area contributed by atoms with Crippen LogP contribution in [0.4, 0.5) is 0 Å². The number of halogens is 1. The first-order valence-electron chi connectivity index (χ1n) is 1.72. The molecule has 0 aliphatic rings. The van der Waals surface area contributed by atoms with Crippen LogP contribution < -0.4 is 0 Å². The second kappa shape index (κ2) is 1.80. The Kier molecular flexibility index (Phi) is 1.30. The molecule has 0 amide bonds. The van der Waals surface area contributed by atoms with Crippen molar-refractivity contribution in [3.8, 4) is 0 Å². The van der Waals surface area contributed by atoms with Crippen molar-refractivity contribution >= 4 is 22.9 Å². The summed E-state index contributed by atoms with van der Waals surface area (Å²) < 4.78 is 0.560. The second-order valence-electron chi connectivity index (χ2n) is 1.09. The smallest absolute Gasteiger partial charge is 0.183 e. The van der Waals surface area contributed by atoms with E-state index in [1.165, 1.54) is 11.3 Å². The Balaban J connectivity index is 3.04. The minimum atomic E-state index is 0.560. The van der Waals surface area contributed by atoms with Gasteiger partial charge in [-0.05, 0) is 6.92 Å². The van der Waals surface area contributed by atoms with Crippen LogP contribution in [0.2, 0.25) is 4.47 Å². The molecule has 0 saturated heterocycles. The highest BCUT2D eigenvalue weighted by atomic mass is 35.5. The molecule has 7 heavy (non-hydrogen) atoms. The van der Waals surface area contributed by atoms with Crippen LogP contribution >= 0.6 is 22.9 Å². The first-order chi connectivity index (χ1) is 3.29. The Morgan fingerprint density at radius 2 is 2.57 bits per heavy atom. The van der Waals surface area contributed by atoms with Crippen molar-refractivity contribution < 1.29 is 0 Å². The van der Waals surface area contributed by atoms with Gasteiger partial charge in [-0.3, -0.25) is 0 Å². The van der Waals surface area contributed by atoms with Crippen LogP contribution in [-0.2, 0) is 0 Å². The minimum absolute atomic E-state index is 0.560. The van der Waals surface area contributed by atoms with E-state index in [9.17, 15) is 0 Å². The zero-order chi connectivity index (χ0) is 5.28. The fraction of sp³-hybridized carbons (Fsp3) is 0. The molecule has 0 saturated carbocycles. The first kappa shape index (κ1) is 5.06. The number of hydrogen-bond acceptors (Lipinski definition) is 2. The molecule has 0 aliphatic carbocycles. The Morgan fingerprint density at radius 3 is 2.71 bits per heavy atom. The maximum atomic E-state index is 5.43. The zero-order valence-corrected chi connectivity index (χ0v) is 5.09. The highest BCUT2D eigenvalue weighted by molar-refractivity contribution is 7.13. The molecule has 3 heteroatoms. The first-order valence-corrected chi connectivity index (χ1v) is 2.98. The summed E-state index contributed by atoms with van der Waals surface area (Å²) in [4.78, 5) is 3.78. The van der Waals surface area contributed by atoms with Gasteiger partial charge < -0.3 is 0 Å². The van der Waals surface area contributed by atoms with Gasteiger partial charge in [-0.15, -0.1) is 11.3 Å². The van der Waals surface area contributed by atoms with E-state index in [1.54, 1.807) is 0 Å². The molecule has 0 aromatic carbocycles. The van der Waals surface area contributed by atoms with E-state index in [0.717, 1.165) is 5.69 Å². The molecule has 0 spiro atoms. The normalized spacial score (nSPS) is 9.43. The fourth-order valence-corrected chi connectivity index (χ4v) is 0.980. The van der Waals surface area contributed by atoms with Crippen LogP contribution in [0.1, 0.15) is 5.69 Å². The van der Waals surface area contributed by atoms with Gasteiger partial charge in [-0.25, -0.2) is 4.98 Å². The van der Waals surface area contributed by atoms with E-state index in [2.05, 4.69) is 11.9 Å². The molecule has 37 valence electrons. The molecule has 1 radical (unpaired) electrons. The van der Waals surface area contributed by atoms with Gasteiger partial charge in [0.2, 0.25) is 0 Å². The monoisotopic (exact) mass is 132 g/mol. The van der Waals surface area contributed by atoms with Gasteiger partial charge in [0.05, 0.1) is 5.69 Å². The topological polar surface area (TPSA) is 12.9 Å². The Morgan fingerprint density at radius 1 is 1.86 bits per heavy atom. The number of thiazole rings is 1. The van der Waals surface area contributed by atoms with Crippen molar-refractivity contribution in [2.45, 2.75) is 0 Å². The third kappa shape index (κ3) is 1.14. The number of nitrogens with zero attached hydrogens (tertiary/aromatic N) is 1. The minimum Gasteiger partial charge on any atom is -0.230 e. The van der Waals surface area contributed by atoms with Gasteiger partial charge in [0, 0.05) is 5.38 Å². The highest BCUT2D eigenvalue weighted by Crippen LogP contribution is 2.13. The van der Waals surface area contributed by atoms with E-state index in [0.29, 0.717) is 4.47 Å². The summed E-state index contributed by atoms with van der Waals surface area (Å²) in [6.45, 7) is 3.56. The van der Waals surface area contributed by atoms with E-state index in [1.807, 2.05) is 5.38 Å². The third-order valence-corrected chi connectivity index (χ3v) is 1.55. The standard InChI is InChI=1S/C4H3ClNS/c1-3-2-7-4(5)6-3/h2H,1H2. The molecule has 1 rings (SSSR count). The molecule has 1 aromatic rings. The van der Waals surface area contributed by atoms with E-state index in [-0.39, 0.29) is 0 Å². The summed E-state index contributed by atoms with van der Waals surface area (Å²) in [7, 11) is 0. The second-order valence-corrected chi connectivity index (χ2v) is 2.53. The van der Waals surface area contributed by atoms with E-state index < -0.39 is 0 Å². The molecule has 1 nitrogen and oxygen atoms in total. The third-order valence-electron chi connectivity index (χ3n) is 0.524. The van der Waals surface area contributed by atoms with Gasteiger partial charge in [0.1, 0.15) is 0 Å². The summed E-state index contributed by atoms with van der Waals surface area (Å²) in [6.07, 6.45) is 0. The van der Waals surface area contributed by atoms with Crippen LogP contribution in [-0.4, -0.2) is 4.98 Å². The average molecular weight is 133 g/mol. The maximum absolute atomic E-state index is 5.43. The molecular weight excluding hydrogens is 130 g/mol. The van der Waals surface area contributed by atoms with Gasteiger partial charge >= 0.3 is 0 Å². The lowest BCUT2D eigenvalue weighted by atomic mass is 10.6. The maximum Gasteiger partial charge on any atom is 0.183 e. The van der Waals surface area contributed by atoms with Crippen LogP contribution in [0.15, 0.2) is 5.38 Å². The van der Waals surface area contributed by atoms with Gasteiger partial charge in [0.15, 0.2) is 4.47 Å². The molecular formula is C4H3ClNS. The lowest BCUT2D eigenvalue weighted by Gasteiger charge is -1.68. The average Bonchev–Trinajstić information content (AvgIpc) is 1.87. The van der Waals surface area contributed by atoms with Gasteiger partial charge in [-0.1, -0.05) is 11.6 Å². The Hall–Kier alpha value is -0.0800. The van der Waals surface area contributed by atoms with Crippen molar-refractivity contribution in [2.75, 3.05) is 0 Å². The molecule has 0 unspecified atom stereocenters. The SMILES string of the molecule is [CH2]c1csc(Cl)n1. The summed E-state index contributed by atoms with van der Waals surface area (Å²) in [5.74, 6) is 0. The highest BCUT2D eigenvalue weighted by Gasteiger charge is 1.88. The van der Waals surface area contributed by atoms with Crippen molar-refractivity contribution in [3.63, 3.8) is 0 Å². The van der Waals surface area contributed by atoms with Crippen molar-refractivity contribution in [3.05, 3.63) is 22.5 Å². The number of aromatic nitrogens is 1. The Labute approximate surface area is 51.0 Å². The molecule has 0 bridgehead atoms. The molecule has 0 N–H and O–H groups in total. The molecule has 0 fully saturated rings. The summed E-state index contributed by atoms with van der Waals surface area (Å²) >= 11 is 6.82. The van der Waals surface area contributed by atoms with E-state index >= 15 is 0 Å². The summed E-state index contributed by atoms with van der Waals surface area (Å²) in [5, 5.41) is 1.81. The van der Waals surface area contributed by atoms with Crippen LogP contribution in [0, 0.1) is 6.92 Å². The number of rotatable bonds is 0. The molecule has 1 aromatic heterocycles. The lowest BCUT2D eigenvalue weighted by Crippen LogP contribution is -1.62. The predicted molar refractivity (Wildman–Crippen MR) is 31.6 cm³/mol. The fourth-order valence-electron chi connectivity index (χ4n) is 0.282. The Bertz CT molecular complexity index is 144. The molecule has 0 aliphatic heterocycles. The van der Waals surface area contributed by atoms with Crippen LogP contribution in [0.3, 0.4) is 0 Å². The largest absolute Gasteiger partial charge is 0.230 e. The lowest BCUT2D eigenvalue weighted by molar-refractivity contribution is 1.35. The van der Waals surface area contributed by atoms with Crippen molar-refractivity contribution in [2.24, 2.45) is 0 Å². The van der Waals surface area contributed by atoms with Crippen molar-refractivity contribution in [1.29, 1.82) is 0 Å². The zero-order valence-electron chi connectivity index (χ0n) is 3.52. The summed E-state index contributed by atoms with van der Waals surface area (Å²) in [6, 6.07) is 0. The summed E-state index contributed by atoms with van der Waals surface area (Å²) in [5.41, 5.74) is 0.745. The van der Waals surface area contributed by atoms with Gasteiger partial charge in [0.25, 0.3) is 0 Å². The quantitative estimate of drug-likeness (QED) is 0.526. The van der Waals surface area contributed by atoms with Crippen molar-refractivity contribution in [1.82, 2.24) is 4.98 Å². The predicted octanol–water partition coefficient (Wildman–Crippen LogP) is 1.98. The number of hydrogen-bond donors (Lipinski definition) is 0. The van der Waals surface area contributed by atoms with Crippen LogP contribution in [0.5, 0.6) is 0 Å². The molecule has 1 heterocycles. The van der Waals surface area contributed by atoms with E-state index in [4.69, 9.17) is 11.6 Å².